The first-order valence-electron chi connectivity index (χ1n) is 8.23. The van der Waals surface area contributed by atoms with Gasteiger partial charge < -0.3 is 20.9 Å². The Labute approximate surface area is 172 Å². The lowest BCUT2D eigenvalue weighted by atomic mass is 10.1. The normalized spacial score (nSPS) is 10.7. The summed E-state index contributed by atoms with van der Waals surface area (Å²) in [6.45, 7) is 0. The first-order chi connectivity index (χ1) is 14.2. The zero-order chi connectivity index (χ0) is 22.2. The number of ether oxygens (including phenoxy) is 1. The van der Waals surface area contributed by atoms with E-state index < -0.39 is 51.0 Å². The quantitative estimate of drug-likeness (QED) is 0.554. The summed E-state index contributed by atoms with van der Waals surface area (Å²) in [7, 11) is 2.47. The number of aromatic nitrogens is 3. The first-order valence-corrected chi connectivity index (χ1v) is 8.61. The molecule has 0 atom stereocenters. The Hall–Kier alpha value is -3.73. The number of hydrogen-bond acceptors (Lipinski definition) is 7. The minimum Gasteiger partial charge on any atom is -0.492 e. The summed E-state index contributed by atoms with van der Waals surface area (Å²) in [4.78, 5) is 30.8. The van der Waals surface area contributed by atoms with E-state index in [0.717, 1.165) is 17.7 Å². The number of halogens is 3. The van der Waals surface area contributed by atoms with Crippen LogP contribution >= 0.6 is 11.6 Å². The molecule has 3 rings (SSSR count). The van der Waals surface area contributed by atoms with E-state index in [1.807, 2.05) is 0 Å². The highest BCUT2D eigenvalue weighted by Crippen LogP contribution is 2.38. The average Bonchev–Trinajstić information content (AvgIpc) is 2.69. The van der Waals surface area contributed by atoms with E-state index in [2.05, 4.69) is 15.3 Å². The summed E-state index contributed by atoms with van der Waals surface area (Å²) in [6.07, 6.45) is 1.27. The summed E-state index contributed by atoms with van der Waals surface area (Å²) < 4.78 is 36.2. The first kappa shape index (κ1) is 21.0. The van der Waals surface area contributed by atoms with Gasteiger partial charge in [-0.25, -0.2) is 23.4 Å². The number of anilines is 2. The van der Waals surface area contributed by atoms with Crippen LogP contribution in [0.25, 0.3) is 16.9 Å². The molecule has 0 unspecified atom stereocenters. The number of methoxy groups -OCH3 is 1. The number of benzene rings is 1. The van der Waals surface area contributed by atoms with E-state index in [4.69, 9.17) is 22.1 Å². The molecule has 0 bridgehead atoms. The smallest absolute Gasteiger partial charge is 0.356 e. The molecule has 0 saturated heterocycles. The van der Waals surface area contributed by atoms with Crippen LogP contribution in [-0.2, 0) is 0 Å². The average molecular weight is 438 g/mol. The van der Waals surface area contributed by atoms with Gasteiger partial charge in [-0.3, -0.25) is 4.57 Å². The van der Waals surface area contributed by atoms with Gasteiger partial charge in [0.15, 0.2) is 23.1 Å². The molecule has 4 N–H and O–H groups in total. The van der Waals surface area contributed by atoms with Crippen molar-refractivity contribution < 1.29 is 23.4 Å². The summed E-state index contributed by atoms with van der Waals surface area (Å²) in [5.41, 5.74) is 2.60. The number of aromatic carboxylic acids is 1. The fourth-order valence-corrected chi connectivity index (χ4v) is 3.10. The second-order valence-corrected chi connectivity index (χ2v) is 6.23. The van der Waals surface area contributed by atoms with Gasteiger partial charge in [0.1, 0.15) is 11.5 Å². The number of carbonyl (C=O) groups is 1. The summed E-state index contributed by atoms with van der Waals surface area (Å²) in [5.74, 6) is -4.11. The lowest BCUT2D eigenvalue weighted by molar-refractivity contribution is 0.0691. The third-order valence-corrected chi connectivity index (χ3v) is 4.52. The molecular formula is C18H14ClF2N5O4. The predicted molar refractivity (Wildman–Crippen MR) is 105 cm³/mol. The summed E-state index contributed by atoms with van der Waals surface area (Å²) in [5, 5.41) is 11.3. The molecule has 0 radical (unpaired) electrons. The van der Waals surface area contributed by atoms with Crippen LogP contribution in [-0.4, -0.2) is 39.8 Å². The lowest BCUT2D eigenvalue weighted by Gasteiger charge is -2.16. The second kappa shape index (κ2) is 7.95. The van der Waals surface area contributed by atoms with Gasteiger partial charge in [-0.05, 0) is 18.2 Å². The Morgan fingerprint density at radius 1 is 1.27 bits per heavy atom. The van der Waals surface area contributed by atoms with Crippen LogP contribution in [0.2, 0.25) is 5.02 Å². The molecule has 2 heterocycles. The molecule has 12 heteroatoms. The molecule has 0 aliphatic rings. The Balaban J connectivity index is 2.31. The minimum atomic E-state index is -1.53. The molecule has 2 aromatic heterocycles. The molecule has 0 fully saturated rings. The number of nitrogen functional groups attached to an aromatic ring is 1. The van der Waals surface area contributed by atoms with E-state index in [1.54, 1.807) is 0 Å². The Morgan fingerprint density at radius 2 is 1.97 bits per heavy atom. The molecule has 0 saturated carbocycles. The molecule has 0 spiro atoms. The Morgan fingerprint density at radius 3 is 2.53 bits per heavy atom. The maximum Gasteiger partial charge on any atom is 0.356 e. The molecule has 1 aromatic carbocycles. The van der Waals surface area contributed by atoms with E-state index in [-0.39, 0.29) is 17.2 Å². The van der Waals surface area contributed by atoms with Crippen molar-refractivity contribution in [3.05, 3.63) is 57.2 Å². The number of carboxylic acid groups (broad SMARTS) is 1. The van der Waals surface area contributed by atoms with E-state index >= 15 is 4.39 Å². The van der Waals surface area contributed by atoms with Gasteiger partial charge in [0.25, 0.3) is 0 Å². The summed E-state index contributed by atoms with van der Waals surface area (Å²) in [6, 6.07) is 3.72. The van der Waals surface area contributed by atoms with Crippen LogP contribution in [0, 0.1) is 11.6 Å². The summed E-state index contributed by atoms with van der Waals surface area (Å²) >= 11 is 5.88. The van der Waals surface area contributed by atoms with E-state index in [1.165, 1.54) is 25.4 Å². The van der Waals surface area contributed by atoms with Crippen molar-refractivity contribution >= 4 is 29.1 Å². The lowest BCUT2D eigenvalue weighted by Crippen LogP contribution is -2.22. The molecule has 0 aliphatic heterocycles. The van der Waals surface area contributed by atoms with Crippen LogP contribution < -0.4 is 21.5 Å². The van der Waals surface area contributed by atoms with Crippen LogP contribution in [0.4, 0.5) is 20.3 Å². The SMILES string of the molecule is CNc1c(F)c(-c2ccc(-n3ccc(N)nc3=O)c(OC)c2F)nc(C(=O)O)c1Cl. The van der Waals surface area contributed by atoms with Gasteiger partial charge in [-0.15, -0.1) is 0 Å². The molecule has 0 aliphatic carbocycles. The molecule has 3 aromatic rings. The molecule has 0 amide bonds. The highest BCUT2D eigenvalue weighted by Gasteiger charge is 2.26. The van der Waals surface area contributed by atoms with Crippen LogP contribution in [0.15, 0.2) is 29.2 Å². The molecule has 30 heavy (non-hydrogen) atoms. The number of carboxylic acids is 1. The topological polar surface area (TPSA) is 132 Å². The van der Waals surface area contributed by atoms with Gasteiger partial charge in [0.05, 0.1) is 23.5 Å². The Bertz CT molecular complexity index is 1230. The van der Waals surface area contributed by atoms with Crippen molar-refractivity contribution in [2.45, 2.75) is 0 Å². The van der Waals surface area contributed by atoms with Gasteiger partial charge >= 0.3 is 11.7 Å². The highest BCUT2D eigenvalue weighted by molar-refractivity contribution is 6.36. The van der Waals surface area contributed by atoms with Crippen molar-refractivity contribution in [2.24, 2.45) is 0 Å². The van der Waals surface area contributed by atoms with Gasteiger partial charge in [0, 0.05) is 18.8 Å². The van der Waals surface area contributed by atoms with Crippen LogP contribution in [0.5, 0.6) is 5.75 Å². The zero-order valence-electron chi connectivity index (χ0n) is 15.5. The highest BCUT2D eigenvalue weighted by atomic mass is 35.5. The standard InChI is InChI=1S/C18H14ClF2N5O4/c1-23-14-10(19)15(17(27)28)25-13(12(14)21)7-3-4-8(16(30-2)11(7)20)26-6-5-9(22)24-18(26)29/h3-6H,1-2H3,(H,23,25)(H,27,28)(H2,22,24,29). The van der Waals surface area contributed by atoms with Gasteiger partial charge in [-0.2, -0.15) is 4.98 Å². The third-order valence-electron chi connectivity index (χ3n) is 4.15. The minimum absolute atomic E-state index is 0.0273. The number of pyridine rings is 1. The molecule has 156 valence electrons. The maximum absolute atomic E-state index is 15.3. The fourth-order valence-electron chi connectivity index (χ4n) is 2.79. The van der Waals surface area contributed by atoms with Gasteiger partial charge in [0.2, 0.25) is 0 Å². The number of nitrogens with one attached hydrogen (secondary N) is 1. The van der Waals surface area contributed by atoms with Crippen molar-refractivity contribution in [3.63, 3.8) is 0 Å². The van der Waals surface area contributed by atoms with Crippen molar-refractivity contribution in [3.8, 4) is 22.7 Å². The number of nitrogens with zero attached hydrogens (tertiary/aromatic N) is 3. The number of nitrogens with two attached hydrogens (primary N) is 1. The zero-order valence-corrected chi connectivity index (χ0v) is 16.3. The Kier molecular flexibility index (Phi) is 5.56. The number of hydrogen-bond donors (Lipinski definition) is 3. The predicted octanol–water partition coefficient (Wildman–Crippen LogP) is 2.56. The van der Waals surface area contributed by atoms with E-state index in [0.29, 0.717) is 0 Å². The monoisotopic (exact) mass is 437 g/mol. The number of rotatable bonds is 5. The van der Waals surface area contributed by atoms with Gasteiger partial charge in [-0.1, -0.05) is 11.6 Å². The van der Waals surface area contributed by atoms with E-state index in [9.17, 15) is 19.1 Å². The second-order valence-electron chi connectivity index (χ2n) is 5.85. The molecular weight excluding hydrogens is 424 g/mol. The fraction of sp³-hybridized carbons (Fsp3) is 0.111. The maximum atomic E-state index is 15.3. The van der Waals surface area contributed by atoms with Crippen LogP contribution in [0.1, 0.15) is 10.5 Å². The van der Waals surface area contributed by atoms with Crippen LogP contribution in [0.3, 0.4) is 0 Å². The third kappa shape index (κ3) is 3.39. The van der Waals surface area contributed by atoms with Crippen molar-refractivity contribution in [1.29, 1.82) is 0 Å². The largest absolute Gasteiger partial charge is 0.492 e. The van der Waals surface area contributed by atoms with Crippen molar-refractivity contribution in [1.82, 2.24) is 14.5 Å². The van der Waals surface area contributed by atoms with Crippen molar-refractivity contribution in [2.75, 3.05) is 25.2 Å². The molecule has 9 nitrogen and oxygen atoms in total.